The molecular formula is C16H26N4O3. The predicted molar refractivity (Wildman–Crippen MR) is 88.8 cm³/mol. The molecule has 1 fully saturated rings. The largest absolute Gasteiger partial charge is 0.385 e. The highest BCUT2D eigenvalue weighted by Crippen LogP contribution is 2.05. The normalized spacial score (nSPS) is 15.3. The summed E-state index contributed by atoms with van der Waals surface area (Å²) in [6.45, 7) is 6.41. The van der Waals surface area contributed by atoms with Gasteiger partial charge in [0.15, 0.2) is 0 Å². The lowest BCUT2D eigenvalue weighted by atomic mass is 10.2. The van der Waals surface area contributed by atoms with E-state index in [0.29, 0.717) is 12.1 Å². The first kappa shape index (κ1) is 17.7. The topological polar surface area (TPSA) is 75.7 Å². The summed E-state index contributed by atoms with van der Waals surface area (Å²) in [5.41, 5.74) is 0.578. The maximum Gasteiger partial charge on any atom is 0.252 e. The number of morpholine rings is 1. The van der Waals surface area contributed by atoms with E-state index >= 15 is 0 Å². The SMILES string of the molecule is COCCCNc1ccc(C(=O)NCCN2CCOCC2)cn1. The van der Waals surface area contributed by atoms with Crippen LogP contribution in [0.4, 0.5) is 5.82 Å². The van der Waals surface area contributed by atoms with Gasteiger partial charge in [0, 0.05) is 52.6 Å². The number of hydrogen-bond donors (Lipinski definition) is 2. The minimum absolute atomic E-state index is 0.0864. The number of ether oxygens (including phenoxy) is 2. The Bertz CT molecular complexity index is 461. The summed E-state index contributed by atoms with van der Waals surface area (Å²) >= 11 is 0. The first-order valence-corrected chi connectivity index (χ1v) is 8.07. The van der Waals surface area contributed by atoms with Gasteiger partial charge in [-0.25, -0.2) is 4.98 Å². The monoisotopic (exact) mass is 322 g/mol. The third kappa shape index (κ3) is 6.52. The molecule has 0 aromatic carbocycles. The number of carbonyl (C=O) groups excluding carboxylic acids is 1. The molecule has 2 heterocycles. The Hall–Kier alpha value is -1.70. The number of methoxy groups -OCH3 is 1. The molecular weight excluding hydrogens is 296 g/mol. The van der Waals surface area contributed by atoms with Crippen molar-refractivity contribution < 1.29 is 14.3 Å². The van der Waals surface area contributed by atoms with Gasteiger partial charge < -0.3 is 20.1 Å². The number of amides is 1. The van der Waals surface area contributed by atoms with Crippen LogP contribution in [-0.4, -0.2) is 75.4 Å². The average molecular weight is 322 g/mol. The van der Waals surface area contributed by atoms with Crippen molar-refractivity contribution in [2.75, 3.05) is 65.0 Å². The van der Waals surface area contributed by atoms with E-state index in [9.17, 15) is 4.79 Å². The molecule has 1 aromatic heterocycles. The van der Waals surface area contributed by atoms with Crippen LogP contribution in [0.5, 0.6) is 0 Å². The van der Waals surface area contributed by atoms with E-state index in [1.54, 1.807) is 19.4 Å². The Morgan fingerprint density at radius 1 is 1.35 bits per heavy atom. The van der Waals surface area contributed by atoms with Crippen molar-refractivity contribution in [1.29, 1.82) is 0 Å². The second-order valence-corrected chi connectivity index (χ2v) is 5.42. The van der Waals surface area contributed by atoms with Crippen LogP contribution < -0.4 is 10.6 Å². The van der Waals surface area contributed by atoms with Crippen LogP contribution in [0.3, 0.4) is 0 Å². The van der Waals surface area contributed by atoms with Gasteiger partial charge in [-0.2, -0.15) is 0 Å². The van der Waals surface area contributed by atoms with Gasteiger partial charge in [0.2, 0.25) is 0 Å². The molecule has 1 aliphatic heterocycles. The highest BCUT2D eigenvalue weighted by atomic mass is 16.5. The smallest absolute Gasteiger partial charge is 0.252 e. The Balaban J connectivity index is 1.67. The molecule has 0 aliphatic carbocycles. The number of pyridine rings is 1. The summed E-state index contributed by atoms with van der Waals surface area (Å²) in [5.74, 6) is 0.683. The number of nitrogens with zero attached hydrogens (tertiary/aromatic N) is 2. The lowest BCUT2D eigenvalue weighted by Gasteiger charge is -2.26. The average Bonchev–Trinajstić information content (AvgIpc) is 2.60. The van der Waals surface area contributed by atoms with Gasteiger partial charge in [0.05, 0.1) is 18.8 Å². The van der Waals surface area contributed by atoms with Crippen LogP contribution in [0.1, 0.15) is 16.8 Å². The van der Waals surface area contributed by atoms with E-state index in [2.05, 4.69) is 20.5 Å². The molecule has 7 heteroatoms. The van der Waals surface area contributed by atoms with Crippen LogP contribution in [0.15, 0.2) is 18.3 Å². The zero-order chi connectivity index (χ0) is 16.3. The summed E-state index contributed by atoms with van der Waals surface area (Å²) < 4.78 is 10.3. The van der Waals surface area contributed by atoms with Gasteiger partial charge in [-0.3, -0.25) is 9.69 Å². The lowest BCUT2D eigenvalue weighted by molar-refractivity contribution is 0.0383. The van der Waals surface area contributed by atoms with E-state index in [1.165, 1.54) is 0 Å². The fraction of sp³-hybridized carbons (Fsp3) is 0.625. The van der Waals surface area contributed by atoms with Crippen LogP contribution in [0.25, 0.3) is 0 Å². The van der Waals surface area contributed by atoms with Crippen molar-refractivity contribution in [2.24, 2.45) is 0 Å². The van der Waals surface area contributed by atoms with Crippen molar-refractivity contribution >= 4 is 11.7 Å². The minimum atomic E-state index is -0.0864. The fourth-order valence-electron chi connectivity index (χ4n) is 2.32. The number of carbonyl (C=O) groups is 1. The predicted octanol–water partition coefficient (Wildman–Crippen LogP) is 0.592. The van der Waals surface area contributed by atoms with E-state index in [0.717, 1.165) is 58.2 Å². The molecule has 1 amide bonds. The summed E-state index contributed by atoms with van der Waals surface area (Å²) in [7, 11) is 1.69. The summed E-state index contributed by atoms with van der Waals surface area (Å²) in [6.07, 6.45) is 2.52. The summed E-state index contributed by atoms with van der Waals surface area (Å²) in [5, 5.41) is 6.12. The van der Waals surface area contributed by atoms with E-state index < -0.39 is 0 Å². The molecule has 0 unspecified atom stereocenters. The number of hydrogen-bond acceptors (Lipinski definition) is 6. The molecule has 7 nitrogen and oxygen atoms in total. The molecule has 2 rings (SSSR count). The van der Waals surface area contributed by atoms with Crippen LogP contribution in [0, 0.1) is 0 Å². The van der Waals surface area contributed by atoms with Crippen molar-refractivity contribution in [3.8, 4) is 0 Å². The zero-order valence-electron chi connectivity index (χ0n) is 13.7. The number of anilines is 1. The third-order valence-corrected chi connectivity index (χ3v) is 3.67. The Morgan fingerprint density at radius 3 is 2.87 bits per heavy atom. The van der Waals surface area contributed by atoms with Gasteiger partial charge in [-0.05, 0) is 18.6 Å². The molecule has 2 N–H and O–H groups in total. The highest BCUT2D eigenvalue weighted by molar-refractivity contribution is 5.94. The molecule has 0 radical (unpaired) electrons. The van der Waals surface area contributed by atoms with Crippen LogP contribution in [-0.2, 0) is 9.47 Å². The Kier molecular flexibility index (Phi) is 7.79. The Labute approximate surface area is 137 Å². The molecule has 1 aliphatic rings. The third-order valence-electron chi connectivity index (χ3n) is 3.67. The van der Waals surface area contributed by atoms with Gasteiger partial charge >= 0.3 is 0 Å². The van der Waals surface area contributed by atoms with E-state index in [-0.39, 0.29) is 5.91 Å². The number of rotatable bonds is 9. The van der Waals surface area contributed by atoms with E-state index in [4.69, 9.17) is 9.47 Å². The van der Waals surface area contributed by atoms with Crippen molar-refractivity contribution in [3.05, 3.63) is 23.9 Å². The minimum Gasteiger partial charge on any atom is -0.385 e. The quantitative estimate of drug-likeness (QED) is 0.648. The lowest BCUT2D eigenvalue weighted by Crippen LogP contribution is -2.41. The second kappa shape index (κ2) is 10.1. The number of aromatic nitrogens is 1. The molecule has 0 bridgehead atoms. The first-order valence-electron chi connectivity index (χ1n) is 8.07. The zero-order valence-corrected chi connectivity index (χ0v) is 13.7. The number of nitrogens with one attached hydrogen (secondary N) is 2. The van der Waals surface area contributed by atoms with Crippen LogP contribution in [0.2, 0.25) is 0 Å². The van der Waals surface area contributed by atoms with Gasteiger partial charge in [0.1, 0.15) is 5.82 Å². The fourth-order valence-corrected chi connectivity index (χ4v) is 2.32. The summed E-state index contributed by atoms with van der Waals surface area (Å²) in [6, 6.07) is 3.61. The standard InChI is InChI=1S/C16H26N4O3/c1-22-10-2-5-17-15-4-3-14(13-19-15)16(21)18-6-7-20-8-11-23-12-9-20/h3-4,13H,2,5-12H2,1H3,(H,17,19)(H,18,21). The van der Waals surface area contributed by atoms with Gasteiger partial charge in [-0.15, -0.1) is 0 Å². The van der Waals surface area contributed by atoms with Crippen molar-refractivity contribution in [3.63, 3.8) is 0 Å². The van der Waals surface area contributed by atoms with Crippen molar-refractivity contribution in [1.82, 2.24) is 15.2 Å². The molecule has 128 valence electrons. The molecule has 1 aromatic rings. The molecule has 1 saturated heterocycles. The Morgan fingerprint density at radius 2 is 2.17 bits per heavy atom. The van der Waals surface area contributed by atoms with Crippen molar-refractivity contribution in [2.45, 2.75) is 6.42 Å². The molecule has 23 heavy (non-hydrogen) atoms. The highest BCUT2D eigenvalue weighted by Gasteiger charge is 2.11. The maximum absolute atomic E-state index is 12.1. The molecule has 0 spiro atoms. The maximum atomic E-state index is 12.1. The second-order valence-electron chi connectivity index (χ2n) is 5.42. The first-order chi connectivity index (χ1) is 11.3. The molecule has 0 saturated carbocycles. The molecule has 0 atom stereocenters. The van der Waals surface area contributed by atoms with Gasteiger partial charge in [-0.1, -0.05) is 0 Å². The van der Waals surface area contributed by atoms with Crippen LogP contribution >= 0.6 is 0 Å². The summed E-state index contributed by atoms with van der Waals surface area (Å²) in [4.78, 5) is 18.6. The van der Waals surface area contributed by atoms with Gasteiger partial charge in [0.25, 0.3) is 5.91 Å². The van der Waals surface area contributed by atoms with E-state index in [1.807, 2.05) is 6.07 Å².